The van der Waals surface area contributed by atoms with Crippen molar-refractivity contribution in [2.24, 2.45) is 0 Å². The molecule has 1 amide bonds. The lowest BCUT2D eigenvalue weighted by atomic mass is 9.99. The Kier molecular flexibility index (Phi) is 6.87. The molecule has 0 atom stereocenters. The zero-order valence-electron chi connectivity index (χ0n) is 21.2. The molecule has 1 saturated heterocycles. The number of nitrogens with zero attached hydrogens (tertiary/aromatic N) is 4. The van der Waals surface area contributed by atoms with E-state index >= 15 is 0 Å². The first-order valence-corrected chi connectivity index (χ1v) is 12.7. The average molecular weight is 489 g/mol. The largest absolute Gasteiger partial charge is 0.353 e. The number of fused-ring (bicyclic) bond motifs is 1. The van der Waals surface area contributed by atoms with E-state index in [4.69, 9.17) is 9.97 Å². The molecule has 2 aliphatic heterocycles. The predicted molar refractivity (Wildman–Crippen MR) is 141 cm³/mol. The number of hydrogen-bond donors (Lipinski definition) is 2. The lowest BCUT2D eigenvalue weighted by Gasteiger charge is -2.33. The topological polar surface area (TPSA) is 73.4 Å². The molecule has 1 fully saturated rings. The van der Waals surface area contributed by atoms with Gasteiger partial charge in [0, 0.05) is 18.7 Å². The SMILES string of the molecule is Cc1cc(F)ccc1-c1nc(NCCN2CCCCC2)nc2c1C(=O)NCN2c1c(C)cccc1C. The van der Waals surface area contributed by atoms with Gasteiger partial charge in [0.15, 0.2) is 5.82 Å². The van der Waals surface area contributed by atoms with Crippen molar-refractivity contribution in [3.8, 4) is 11.3 Å². The number of para-hydroxylation sites is 1. The molecule has 0 bridgehead atoms. The first-order valence-electron chi connectivity index (χ1n) is 12.7. The molecule has 2 aliphatic rings. The number of anilines is 3. The number of aryl methyl sites for hydroxylation is 3. The van der Waals surface area contributed by atoms with E-state index in [9.17, 15) is 9.18 Å². The number of hydrogen-bond acceptors (Lipinski definition) is 6. The summed E-state index contributed by atoms with van der Waals surface area (Å²) in [5.74, 6) is 0.479. The first kappa shape index (κ1) is 24.2. The monoisotopic (exact) mass is 488 g/mol. The second-order valence-corrected chi connectivity index (χ2v) is 9.72. The van der Waals surface area contributed by atoms with Gasteiger partial charge in [0.25, 0.3) is 5.91 Å². The summed E-state index contributed by atoms with van der Waals surface area (Å²) in [5.41, 5.74) is 5.54. The number of benzene rings is 2. The van der Waals surface area contributed by atoms with E-state index in [1.54, 1.807) is 6.07 Å². The molecule has 0 aliphatic carbocycles. The molecule has 0 radical (unpaired) electrons. The van der Waals surface area contributed by atoms with Crippen LogP contribution in [0.2, 0.25) is 0 Å². The minimum absolute atomic E-state index is 0.230. The van der Waals surface area contributed by atoms with E-state index in [1.807, 2.05) is 17.9 Å². The van der Waals surface area contributed by atoms with Crippen molar-refractivity contribution in [1.29, 1.82) is 0 Å². The molecule has 7 nitrogen and oxygen atoms in total. The van der Waals surface area contributed by atoms with Crippen molar-refractivity contribution in [2.75, 3.05) is 43.1 Å². The van der Waals surface area contributed by atoms with Crippen LogP contribution in [0.15, 0.2) is 36.4 Å². The fourth-order valence-electron chi connectivity index (χ4n) is 5.26. The van der Waals surface area contributed by atoms with Crippen LogP contribution >= 0.6 is 0 Å². The van der Waals surface area contributed by atoms with Gasteiger partial charge in [-0.3, -0.25) is 4.79 Å². The second-order valence-electron chi connectivity index (χ2n) is 9.72. The van der Waals surface area contributed by atoms with Crippen LogP contribution in [-0.4, -0.2) is 53.6 Å². The molecule has 0 unspecified atom stereocenters. The van der Waals surface area contributed by atoms with Gasteiger partial charge in [-0.25, -0.2) is 9.37 Å². The van der Waals surface area contributed by atoms with Gasteiger partial charge in [-0.1, -0.05) is 24.6 Å². The molecule has 3 heterocycles. The van der Waals surface area contributed by atoms with Crippen LogP contribution < -0.4 is 15.5 Å². The van der Waals surface area contributed by atoms with Crippen molar-refractivity contribution in [2.45, 2.75) is 40.0 Å². The van der Waals surface area contributed by atoms with Gasteiger partial charge in [0.1, 0.15) is 11.4 Å². The maximum atomic E-state index is 13.9. The van der Waals surface area contributed by atoms with Crippen LogP contribution in [0.5, 0.6) is 0 Å². The number of aromatic nitrogens is 2. The Labute approximate surface area is 211 Å². The van der Waals surface area contributed by atoms with E-state index in [1.165, 1.54) is 31.4 Å². The highest BCUT2D eigenvalue weighted by Crippen LogP contribution is 2.38. The van der Waals surface area contributed by atoms with E-state index in [2.05, 4.69) is 41.5 Å². The zero-order valence-corrected chi connectivity index (χ0v) is 21.2. The van der Waals surface area contributed by atoms with E-state index < -0.39 is 0 Å². The third-order valence-electron chi connectivity index (χ3n) is 7.08. The fourth-order valence-corrected chi connectivity index (χ4v) is 5.26. The normalized spacial score (nSPS) is 16.0. The summed E-state index contributed by atoms with van der Waals surface area (Å²) in [6.07, 6.45) is 3.78. The number of halogens is 1. The summed E-state index contributed by atoms with van der Waals surface area (Å²) in [6, 6.07) is 10.7. The summed E-state index contributed by atoms with van der Waals surface area (Å²) < 4.78 is 13.9. The van der Waals surface area contributed by atoms with Crippen molar-refractivity contribution < 1.29 is 9.18 Å². The lowest BCUT2D eigenvalue weighted by molar-refractivity contribution is 0.0949. The summed E-state index contributed by atoms with van der Waals surface area (Å²) in [6.45, 7) is 10.1. The minimum atomic E-state index is -0.319. The Morgan fingerprint density at radius 2 is 1.75 bits per heavy atom. The molecule has 0 spiro atoms. The van der Waals surface area contributed by atoms with Gasteiger partial charge in [0.05, 0.1) is 18.1 Å². The molecule has 2 N–H and O–H groups in total. The van der Waals surface area contributed by atoms with Crippen molar-refractivity contribution in [3.63, 3.8) is 0 Å². The Hall–Kier alpha value is -3.52. The highest BCUT2D eigenvalue weighted by Gasteiger charge is 2.32. The van der Waals surface area contributed by atoms with Crippen molar-refractivity contribution >= 4 is 23.4 Å². The summed E-state index contributed by atoms with van der Waals surface area (Å²) >= 11 is 0. The summed E-state index contributed by atoms with van der Waals surface area (Å²) in [7, 11) is 0. The molecule has 1 aromatic heterocycles. The number of piperidine rings is 1. The number of carbonyl (C=O) groups excluding carboxylic acids is 1. The van der Waals surface area contributed by atoms with Gasteiger partial charge in [-0.15, -0.1) is 0 Å². The third kappa shape index (κ3) is 4.78. The van der Waals surface area contributed by atoms with Crippen LogP contribution in [0.3, 0.4) is 0 Å². The maximum absolute atomic E-state index is 13.9. The van der Waals surface area contributed by atoms with Crippen LogP contribution in [0.25, 0.3) is 11.3 Å². The molecular formula is C28H33FN6O. The van der Waals surface area contributed by atoms with E-state index in [-0.39, 0.29) is 11.7 Å². The number of nitrogens with one attached hydrogen (secondary N) is 2. The Bertz CT molecular complexity index is 1270. The first-order chi connectivity index (χ1) is 17.4. The third-order valence-corrected chi connectivity index (χ3v) is 7.08. The van der Waals surface area contributed by atoms with Gasteiger partial charge in [-0.2, -0.15) is 4.98 Å². The quantitative estimate of drug-likeness (QED) is 0.512. The molecule has 2 aromatic carbocycles. The fraction of sp³-hybridized carbons (Fsp3) is 0.393. The number of likely N-dealkylation sites (tertiary alicyclic amines) is 1. The van der Waals surface area contributed by atoms with Crippen LogP contribution in [0.4, 0.5) is 21.8 Å². The van der Waals surface area contributed by atoms with Gasteiger partial charge in [-0.05, 0) is 81.6 Å². The minimum Gasteiger partial charge on any atom is -0.353 e. The Balaban J connectivity index is 1.59. The van der Waals surface area contributed by atoms with E-state index in [0.717, 1.165) is 36.4 Å². The van der Waals surface area contributed by atoms with E-state index in [0.29, 0.717) is 47.4 Å². The van der Waals surface area contributed by atoms with Gasteiger partial charge in [0.2, 0.25) is 5.95 Å². The standard InChI is InChI=1S/C28H33FN6O/c1-18-8-7-9-19(2)25(18)35-17-31-27(36)23-24(22-11-10-21(29)16-20(22)3)32-28(33-26(23)35)30-12-15-34-13-5-4-6-14-34/h7-11,16H,4-6,12-15,17H2,1-3H3,(H,31,36)(H,30,32,33). The molecule has 0 saturated carbocycles. The Morgan fingerprint density at radius 1 is 1.00 bits per heavy atom. The molecule has 8 heteroatoms. The molecule has 3 aromatic rings. The maximum Gasteiger partial charge on any atom is 0.258 e. The highest BCUT2D eigenvalue weighted by atomic mass is 19.1. The second kappa shape index (κ2) is 10.2. The predicted octanol–water partition coefficient (Wildman–Crippen LogP) is 4.94. The smallest absolute Gasteiger partial charge is 0.258 e. The molecular weight excluding hydrogens is 455 g/mol. The summed E-state index contributed by atoms with van der Waals surface area (Å²) in [4.78, 5) is 27.4. The molecule has 36 heavy (non-hydrogen) atoms. The number of amides is 1. The Morgan fingerprint density at radius 3 is 2.47 bits per heavy atom. The molecule has 5 rings (SSSR count). The van der Waals surface area contributed by atoms with Crippen LogP contribution in [0.1, 0.15) is 46.3 Å². The average Bonchev–Trinajstić information content (AvgIpc) is 2.85. The number of carbonyl (C=O) groups is 1. The molecule has 188 valence electrons. The lowest BCUT2D eigenvalue weighted by Crippen LogP contribution is -2.42. The van der Waals surface area contributed by atoms with Crippen LogP contribution in [0, 0.1) is 26.6 Å². The highest BCUT2D eigenvalue weighted by molar-refractivity contribution is 6.07. The van der Waals surface area contributed by atoms with Gasteiger partial charge >= 0.3 is 0 Å². The van der Waals surface area contributed by atoms with Crippen LogP contribution in [-0.2, 0) is 0 Å². The number of rotatable bonds is 6. The summed E-state index contributed by atoms with van der Waals surface area (Å²) in [5, 5.41) is 6.40. The van der Waals surface area contributed by atoms with Crippen molar-refractivity contribution in [1.82, 2.24) is 20.2 Å². The van der Waals surface area contributed by atoms with Crippen molar-refractivity contribution in [3.05, 3.63) is 64.5 Å². The van der Waals surface area contributed by atoms with Gasteiger partial charge < -0.3 is 20.4 Å². The zero-order chi connectivity index (χ0) is 25.2.